The highest BCUT2D eigenvalue weighted by atomic mass is 79.9. The molecule has 0 saturated carbocycles. The number of hydrogen-bond donors (Lipinski definition) is 0. The van der Waals surface area contributed by atoms with Crippen LogP contribution in [-0.4, -0.2) is 18.5 Å². The summed E-state index contributed by atoms with van der Waals surface area (Å²) in [6.07, 6.45) is 0.237. The van der Waals surface area contributed by atoms with Crippen LogP contribution in [0.1, 0.15) is 18.1 Å². The van der Waals surface area contributed by atoms with Crippen molar-refractivity contribution in [2.24, 2.45) is 0 Å². The molecule has 0 saturated heterocycles. The number of carbonyl (C=O) groups is 2. The summed E-state index contributed by atoms with van der Waals surface area (Å²) in [6, 6.07) is 14.5. The number of rotatable bonds is 6. The van der Waals surface area contributed by atoms with Crippen molar-refractivity contribution in [3.63, 3.8) is 0 Å². The first-order valence-corrected chi connectivity index (χ1v) is 8.06. The molecule has 2 rings (SSSR count). The van der Waals surface area contributed by atoms with Crippen LogP contribution in [0, 0.1) is 0 Å². The van der Waals surface area contributed by atoms with Gasteiger partial charge in [-0.05, 0) is 30.7 Å². The molecule has 0 atom stereocenters. The Labute approximate surface area is 143 Å². The van der Waals surface area contributed by atoms with E-state index in [-0.39, 0.29) is 24.8 Å². The van der Waals surface area contributed by atoms with Crippen LogP contribution in [-0.2, 0) is 27.2 Å². The zero-order valence-corrected chi connectivity index (χ0v) is 14.3. The number of hydrogen-bond acceptors (Lipinski definition) is 4. The molecule has 2 aromatic carbocycles. The average molecular weight is 377 g/mol. The lowest BCUT2D eigenvalue weighted by Crippen LogP contribution is -2.14. The van der Waals surface area contributed by atoms with Gasteiger partial charge in [0.15, 0.2) is 0 Å². The molecular formula is C18H17BrO4. The van der Waals surface area contributed by atoms with Crippen molar-refractivity contribution in [3.8, 4) is 5.75 Å². The van der Waals surface area contributed by atoms with Gasteiger partial charge in [0.25, 0.3) is 0 Å². The first-order valence-electron chi connectivity index (χ1n) is 7.27. The van der Waals surface area contributed by atoms with E-state index in [0.29, 0.717) is 17.9 Å². The predicted molar refractivity (Wildman–Crippen MR) is 90.3 cm³/mol. The largest absolute Gasteiger partial charge is 0.466 e. The van der Waals surface area contributed by atoms with Crippen LogP contribution in [0.15, 0.2) is 53.0 Å². The second-order valence-electron chi connectivity index (χ2n) is 4.87. The maximum atomic E-state index is 12.1. The van der Waals surface area contributed by atoms with Crippen LogP contribution in [0.2, 0.25) is 0 Å². The second kappa shape index (κ2) is 8.48. The van der Waals surface area contributed by atoms with Crippen molar-refractivity contribution in [1.29, 1.82) is 0 Å². The summed E-state index contributed by atoms with van der Waals surface area (Å²) in [7, 11) is 0. The first-order chi connectivity index (χ1) is 11.1. The van der Waals surface area contributed by atoms with E-state index in [2.05, 4.69) is 15.9 Å². The monoisotopic (exact) mass is 376 g/mol. The molecule has 5 heteroatoms. The van der Waals surface area contributed by atoms with Gasteiger partial charge in [0, 0.05) is 10.0 Å². The van der Waals surface area contributed by atoms with Gasteiger partial charge in [0.2, 0.25) is 0 Å². The minimum Gasteiger partial charge on any atom is -0.466 e. The van der Waals surface area contributed by atoms with Crippen LogP contribution in [0.5, 0.6) is 5.75 Å². The van der Waals surface area contributed by atoms with Crippen LogP contribution < -0.4 is 4.74 Å². The summed E-state index contributed by atoms with van der Waals surface area (Å²) < 4.78 is 11.2. The molecule has 0 aliphatic carbocycles. The SMILES string of the molecule is CCOC(=O)Cc1ccccc1OC(=O)Cc1cccc(Br)c1. The Kier molecular flexibility index (Phi) is 6.35. The fourth-order valence-electron chi connectivity index (χ4n) is 2.09. The normalized spacial score (nSPS) is 10.2. The van der Waals surface area contributed by atoms with Crippen LogP contribution in [0.3, 0.4) is 0 Å². The first kappa shape index (κ1) is 17.2. The molecule has 0 fully saturated rings. The molecule has 0 spiro atoms. The number of para-hydroxylation sites is 1. The van der Waals surface area contributed by atoms with Crippen molar-refractivity contribution in [3.05, 3.63) is 64.1 Å². The van der Waals surface area contributed by atoms with Crippen LogP contribution >= 0.6 is 15.9 Å². The minimum atomic E-state index is -0.376. The molecule has 0 aliphatic rings. The Hall–Kier alpha value is -2.14. The molecule has 120 valence electrons. The molecule has 2 aromatic rings. The lowest BCUT2D eigenvalue weighted by molar-refractivity contribution is -0.142. The Morgan fingerprint density at radius 1 is 1.00 bits per heavy atom. The molecule has 23 heavy (non-hydrogen) atoms. The lowest BCUT2D eigenvalue weighted by Gasteiger charge is -2.10. The molecular weight excluding hydrogens is 360 g/mol. The average Bonchev–Trinajstić information content (AvgIpc) is 2.49. The van der Waals surface area contributed by atoms with Gasteiger partial charge in [-0.25, -0.2) is 0 Å². The van der Waals surface area contributed by atoms with Gasteiger partial charge in [0.1, 0.15) is 5.75 Å². The van der Waals surface area contributed by atoms with Gasteiger partial charge >= 0.3 is 11.9 Å². The minimum absolute atomic E-state index is 0.0776. The van der Waals surface area contributed by atoms with Gasteiger partial charge < -0.3 is 9.47 Å². The van der Waals surface area contributed by atoms with Crippen LogP contribution in [0.4, 0.5) is 0 Å². The standard InChI is InChI=1S/C18H17BrO4/c1-2-22-17(20)12-14-7-3-4-9-16(14)23-18(21)11-13-6-5-8-15(19)10-13/h3-10H,2,11-12H2,1H3. The number of carbonyl (C=O) groups excluding carboxylic acids is 2. The van der Waals surface area contributed by atoms with Crippen molar-refractivity contribution >= 4 is 27.9 Å². The highest BCUT2D eigenvalue weighted by molar-refractivity contribution is 9.10. The molecule has 0 unspecified atom stereocenters. The number of halogens is 1. The van der Waals surface area contributed by atoms with Gasteiger partial charge in [-0.3, -0.25) is 9.59 Å². The molecule has 0 N–H and O–H groups in total. The fourth-order valence-corrected chi connectivity index (χ4v) is 2.54. The van der Waals surface area contributed by atoms with Gasteiger partial charge in [-0.1, -0.05) is 46.3 Å². The third-order valence-electron chi connectivity index (χ3n) is 3.07. The summed E-state index contributed by atoms with van der Waals surface area (Å²) >= 11 is 3.37. The number of ether oxygens (including phenoxy) is 2. The van der Waals surface area contributed by atoms with E-state index in [1.54, 1.807) is 31.2 Å². The van der Waals surface area contributed by atoms with Crippen molar-refractivity contribution in [2.75, 3.05) is 6.61 Å². The summed E-state index contributed by atoms with van der Waals surface area (Å²) in [6.45, 7) is 2.07. The summed E-state index contributed by atoms with van der Waals surface area (Å²) in [5.41, 5.74) is 1.49. The highest BCUT2D eigenvalue weighted by Gasteiger charge is 2.13. The van der Waals surface area contributed by atoms with Gasteiger partial charge in [-0.15, -0.1) is 0 Å². The Balaban J connectivity index is 2.04. The Morgan fingerprint density at radius 2 is 1.78 bits per heavy atom. The maximum absolute atomic E-state index is 12.1. The summed E-state index contributed by atoms with van der Waals surface area (Å²) in [5.74, 6) is -0.331. The Bertz CT molecular complexity index is 697. The van der Waals surface area contributed by atoms with E-state index in [1.807, 2.05) is 24.3 Å². The molecule has 0 amide bonds. The summed E-state index contributed by atoms with van der Waals surface area (Å²) in [4.78, 5) is 23.7. The maximum Gasteiger partial charge on any atom is 0.315 e. The summed E-state index contributed by atoms with van der Waals surface area (Å²) in [5, 5.41) is 0. The molecule has 0 aliphatic heterocycles. The smallest absolute Gasteiger partial charge is 0.315 e. The molecule has 0 aromatic heterocycles. The third-order valence-corrected chi connectivity index (χ3v) is 3.57. The third kappa shape index (κ3) is 5.53. The predicted octanol–water partition coefficient (Wildman–Crippen LogP) is 3.70. The molecule has 0 bridgehead atoms. The fraction of sp³-hybridized carbons (Fsp3) is 0.222. The highest BCUT2D eigenvalue weighted by Crippen LogP contribution is 2.20. The van der Waals surface area contributed by atoms with Crippen molar-refractivity contribution in [1.82, 2.24) is 0 Å². The van der Waals surface area contributed by atoms with E-state index in [4.69, 9.17) is 9.47 Å². The quantitative estimate of drug-likeness (QED) is 0.569. The Morgan fingerprint density at radius 3 is 2.52 bits per heavy atom. The van der Waals surface area contributed by atoms with E-state index in [9.17, 15) is 9.59 Å². The van der Waals surface area contributed by atoms with Crippen molar-refractivity contribution in [2.45, 2.75) is 19.8 Å². The molecule has 0 radical (unpaired) electrons. The van der Waals surface area contributed by atoms with E-state index >= 15 is 0 Å². The zero-order chi connectivity index (χ0) is 16.7. The van der Waals surface area contributed by atoms with Gasteiger partial charge in [0.05, 0.1) is 19.4 Å². The molecule has 4 nitrogen and oxygen atoms in total. The van der Waals surface area contributed by atoms with Gasteiger partial charge in [-0.2, -0.15) is 0 Å². The number of benzene rings is 2. The van der Waals surface area contributed by atoms with E-state index in [1.165, 1.54) is 0 Å². The second-order valence-corrected chi connectivity index (χ2v) is 5.79. The van der Waals surface area contributed by atoms with E-state index in [0.717, 1.165) is 10.0 Å². The van der Waals surface area contributed by atoms with Crippen LogP contribution in [0.25, 0.3) is 0 Å². The van der Waals surface area contributed by atoms with Crippen molar-refractivity contribution < 1.29 is 19.1 Å². The topological polar surface area (TPSA) is 52.6 Å². The lowest BCUT2D eigenvalue weighted by atomic mass is 10.1. The number of esters is 2. The molecule has 0 heterocycles. The van der Waals surface area contributed by atoms with E-state index < -0.39 is 0 Å². The zero-order valence-electron chi connectivity index (χ0n) is 12.8.